The summed E-state index contributed by atoms with van der Waals surface area (Å²) in [6, 6.07) is 0. The van der Waals surface area contributed by atoms with Gasteiger partial charge in [-0.2, -0.15) is 10.2 Å². The second kappa shape index (κ2) is 7.91. The van der Waals surface area contributed by atoms with Crippen molar-refractivity contribution in [1.29, 1.82) is 0 Å². The summed E-state index contributed by atoms with van der Waals surface area (Å²) in [5.41, 5.74) is 6.68. The largest absolute Gasteiger partial charge is 0.473 e. The van der Waals surface area contributed by atoms with Crippen molar-refractivity contribution >= 4 is 46.1 Å². The topological polar surface area (TPSA) is 61.2 Å². The van der Waals surface area contributed by atoms with E-state index in [0.29, 0.717) is 16.5 Å². The Bertz CT molecular complexity index is 351. The lowest BCUT2D eigenvalue weighted by Crippen LogP contribution is -2.32. The number of methoxy groups -OCH3 is 1. The maximum absolute atomic E-state index is 5.02. The zero-order valence-corrected chi connectivity index (χ0v) is 12.2. The van der Waals surface area contributed by atoms with E-state index in [2.05, 4.69) is 21.1 Å². The van der Waals surface area contributed by atoms with Crippen molar-refractivity contribution in [1.82, 2.24) is 15.8 Å². The molecule has 0 aliphatic carbocycles. The molecule has 0 bridgehead atoms. The van der Waals surface area contributed by atoms with Crippen LogP contribution in [0.5, 0.6) is 0 Å². The van der Waals surface area contributed by atoms with Gasteiger partial charge in [-0.15, -0.1) is 0 Å². The molecule has 2 N–H and O–H groups in total. The Balaban J connectivity index is 4.38. The molecule has 0 saturated carbocycles. The third-order valence-electron chi connectivity index (χ3n) is 1.75. The molecule has 8 heteroatoms. The summed E-state index contributed by atoms with van der Waals surface area (Å²) in [4.78, 5) is 1.75. The number of thiocarbonyl (C=S) groups is 2. The van der Waals surface area contributed by atoms with Crippen molar-refractivity contribution in [2.24, 2.45) is 10.2 Å². The zero-order chi connectivity index (χ0) is 13.4. The molecule has 0 rings (SSSR count). The second-order valence-corrected chi connectivity index (χ2v) is 4.07. The van der Waals surface area contributed by atoms with Crippen molar-refractivity contribution in [3.8, 4) is 0 Å². The van der Waals surface area contributed by atoms with Crippen LogP contribution in [-0.4, -0.2) is 47.8 Å². The average molecular weight is 275 g/mol. The molecule has 6 nitrogen and oxygen atoms in total. The van der Waals surface area contributed by atoms with Gasteiger partial charge in [-0.3, -0.25) is 5.43 Å². The highest BCUT2D eigenvalue weighted by atomic mass is 32.1. The van der Waals surface area contributed by atoms with Gasteiger partial charge in [0.05, 0.1) is 18.5 Å². The fourth-order valence-corrected chi connectivity index (χ4v) is 0.660. The molecule has 0 aromatic rings. The summed E-state index contributed by atoms with van der Waals surface area (Å²) in [6.07, 6.45) is 0. The van der Waals surface area contributed by atoms with E-state index >= 15 is 0 Å². The Hall–Kier alpha value is -1.28. The Morgan fingerprint density at radius 2 is 1.53 bits per heavy atom. The van der Waals surface area contributed by atoms with E-state index in [1.54, 1.807) is 11.8 Å². The van der Waals surface area contributed by atoms with E-state index in [0.717, 1.165) is 0 Å². The molecule has 0 aromatic heterocycles. The van der Waals surface area contributed by atoms with Crippen molar-refractivity contribution in [3.63, 3.8) is 0 Å². The van der Waals surface area contributed by atoms with Crippen molar-refractivity contribution in [3.05, 3.63) is 0 Å². The SMILES string of the molecule is COC(=S)N/N=C(C)/C(C)=N/NC(=S)N(C)C. The van der Waals surface area contributed by atoms with Gasteiger partial charge in [0.1, 0.15) is 0 Å². The average Bonchev–Trinajstić information content (AvgIpc) is 2.31. The first-order valence-electron chi connectivity index (χ1n) is 4.78. The molecular formula is C9H17N5OS2. The molecule has 96 valence electrons. The molecule has 0 heterocycles. The van der Waals surface area contributed by atoms with Crippen LogP contribution in [0, 0.1) is 0 Å². The van der Waals surface area contributed by atoms with Crippen LogP contribution >= 0.6 is 24.4 Å². The molecule has 0 aliphatic heterocycles. The van der Waals surface area contributed by atoms with Gasteiger partial charge in [-0.25, -0.2) is 5.43 Å². The van der Waals surface area contributed by atoms with Gasteiger partial charge in [0.25, 0.3) is 5.17 Å². The first kappa shape index (κ1) is 15.7. The molecule has 0 radical (unpaired) electrons. The summed E-state index contributed by atoms with van der Waals surface area (Å²) in [7, 11) is 5.14. The van der Waals surface area contributed by atoms with Gasteiger partial charge in [-0.1, -0.05) is 0 Å². The highest BCUT2D eigenvalue weighted by Crippen LogP contribution is 1.85. The third kappa shape index (κ3) is 6.80. The molecule has 0 amide bonds. The smallest absolute Gasteiger partial charge is 0.277 e. The van der Waals surface area contributed by atoms with Crippen LogP contribution in [0.1, 0.15) is 13.8 Å². The third-order valence-corrected chi connectivity index (χ3v) is 2.46. The lowest BCUT2D eigenvalue weighted by atomic mass is 10.3. The van der Waals surface area contributed by atoms with Crippen LogP contribution in [0.4, 0.5) is 0 Å². The van der Waals surface area contributed by atoms with Gasteiger partial charge in [0, 0.05) is 14.1 Å². The highest BCUT2D eigenvalue weighted by molar-refractivity contribution is 7.80. The van der Waals surface area contributed by atoms with E-state index in [9.17, 15) is 0 Å². The molecule has 17 heavy (non-hydrogen) atoms. The minimum absolute atomic E-state index is 0.203. The number of nitrogens with zero attached hydrogens (tertiary/aromatic N) is 3. The lowest BCUT2D eigenvalue weighted by Gasteiger charge is -2.12. The Kier molecular flexibility index (Phi) is 7.31. The number of hydrazone groups is 2. The van der Waals surface area contributed by atoms with E-state index in [4.69, 9.17) is 29.2 Å². The molecular weight excluding hydrogens is 258 g/mol. The van der Waals surface area contributed by atoms with Gasteiger partial charge in [-0.05, 0) is 38.3 Å². The normalized spacial score (nSPS) is 11.8. The van der Waals surface area contributed by atoms with Crippen LogP contribution < -0.4 is 10.9 Å². The highest BCUT2D eigenvalue weighted by Gasteiger charge is 2.00. The van der Waals surface area contributed by atoms with Gasteiger partial charge in [0.2, 0.25) is 0 Å². The minimum Gasteiger partial charge on any atom is -0.473 e. The van der Waals surface area contributed by atoms with Gasteiger partial charge < -0.3 is 9.64 Å². The fraction of sp³-hybridized carbons (Fsp3) is 0.556. The molecule has 0 atom stereocenters. The summed E-state index contributed by atoms with van der Waals surface area (Å²) in [5, 5.41) is 8.80. The molecule has 0 spiro atoms. The minimum atomic E-state index is 0.203. The van der Waals surface area contributed by atoms with Crippen LogP contribution in [0.3, 0.4) is 0 Å². The first-order chi connectivity index (χ1) is 7.88. The second-order valence-electron chi connectivity index (χ2n) is 3.31. The number of nitrogens with one attached hydrogen (secondary N) is 2. The monoisotopic (exact) mass is 275 g/mol. The molecule has 0 aliphatic rings. The fourth-order valence-electron chi connectivity index (χ4n) is 0.569. The molecule has 0 fully saturated rings. The van der Waals surface area contributed by atoms with E-state index in [1.807, 2.05) is 21.0 Å². The zero-order valence-electron chi connectivity index (χ0n) is 10.6. The van der Waals surface area contributed by atoms with Crippen molar-refractivity contribution < 1.29 is 4.74 Å². The Labute approximate surface area is 112 Å². The van der Waals surface area contributed by atoms with Gasteiger partial charge >= 0.3 is 0 Å². The summed E-state index contributed by atoms with van der Waals surface area (Å²) in [6.45, 7) is 3.60. The predicted octanol–water partition coefficient (Wildman–Crippen LogP) is 0.695. The number of hydrogen-bond donors (Lipinski definition) is 2. The van der Waals surface area contributed by atoms with E-state index < -0.39 is 0 Å². The number of ether oxygens (including phenoxy) is 1. The summed E-state index contributed by atoms with van der Waals surface area (Å²) >= 11 is 9.80. The number of hydrogen-bond acceptors (Lipinski definition) is 5. The lowest BCUT2D eigenvalue weighted by molar-refractivity contribution is 0.394. The maximum atomic E-state index is 5.02. The summed E-state index contributed by atoms with van der Waals surface area (Å²) in [5.74, 6) is 0. The first-order valence-corrected chi connectivity index (χ1v) is 5.60. The van der Waals surface area contributed by atoms with Crippen LogP contribution in [0.2, 0.25) is 0 Å². The predicted molar refractivity (Wildman–Crippen MR) is 78.4 cm³/mol. The van der Waals surface area contributed by atoms with Crippen molar-refractivity contribution in [2.75, 3.05) is 21.2 Å². The summed E-state index contributed by atoms with van der Waals surface area (Å²) < 4.78 is 4.74. The Morgan fingerprint density at radius 3 is 1.94 bits per heavy atom. The molecule has 0 saturated heterocycles. The van der Waals surface area contributed by atoms with Crippen molar-refractivity contribution in [2.45, 2.75) is 13.8 Å². The van der Waals surface area contributed by atoms with Crippen LogP contribution in [-0.2, 0) is 4.74 Å². The number of rotatable bonds is 3. The molecule has 0 aromatic carbocycles. The molecule has 0 unspecified atom stereocenters. The van der Waals surface area contributed by atoms with E-state index in [1.165, 1.54) is 7.11 Å². The quantitative estimate of drug-likeness (QED) is 0.449. The standard InChI is InChI=1S/C9H17N5OS2/c1-6(10-12-8(16)14(3)4)7(2)11-13-9(17)15-5/h1-5H3,(H,12,16)(H,13,17)/b10-6+,11-7+. The maximum Gasteiger partial charge on any atom is 0.277 e. The van der Waals surface area contributed by atoms with E-state index in [-0.39, 0.29) is 5.17 Å². The van der Waals surface area contributed by atoms with Crippen LogP contribution in [0.25, 0.3) is 0 Å². The van der Waals surface area contributed by atoms with Crippen LogP contribution in [0.15, 0.2) is 10.2 Å². The Morgan fingerprint density at radius 1 is 1.06 bits per heavy atom. The van der Waals surface area contributed by atoms with Gasteiger partial charge in [0.15, 0.2) is 5.11 Å².